The smallest absolute Gasteiger partial charge is 0.131 e. The second-order valence-electron chi connectivity index (χ2n) is 9.19. The van der Waals surface area contributed by atoms with Crippen LogP contribution in [0.25, 0.3) is 75.9 Å². The number of fused-ring (bicyclic) bond motifs is 8. The van der Waals surface area contributed by atoms with Gasteiger partial charge in [-0.2, -0.15) is 0 Å². The second kappa shape index (κ2) is 6.36. The van der Waals surface area contributed by atoms with Gasteiger partial charge in [0.05, 0.1) is 55.1 Å². The van der Waals surface area contributed by atoms with Crippen molar-refractivity contribution in [1.29, 1.82) is 0 Å². The topological polar surface area (TPSA) is 14.3 Å². The molecule has 164 valence electrons. The number of aromatic nitrogens is 3. The zero-order chi connectivity index (χ0) is 22.8. The molecule has 0 unspecified atom stereocenters. The van der Waals surface area contributed by atoms with Crippen LogP contribution in [-0.2, 0) is 0 Å². The summed E-state index contributed by atoms with van der Waals surface area (Å²) in [6.45, 7) is 0. The molecule has 5 heteroatoms. The van der Waals surface area contributed by atoms with E-state index in [1.54, 1.807) is 0 Å². The molecule has 0 bridgehead atoms. The Balaban J connectivity index is 1.79. The van der Waals surface area contributed by atoms with Crippen LogP contribution in [0.15, 0.2) is 96.4 Å². The largest absolute Gasteiger partial charge is 0.295 e. The molecule has 0 spiro atoms. The zero-order valence-corrected chi connectivity index (χ0v) is 21.3. The summed E-state index contributed by atoms with van der Waals surface area (Å²) in [7, 11) is 0. The molecule has 0 saturated heterocycles. The van der Waals surface area contributed by atoms with Gasteiger partial charge in [-0.1, -0.05) is 48.5 Å². The van der Waals surface area contributed by atoms with E-state index in [-0.39, 0.29) is 0 Å². The molecule has 5 heterocycles. The highest BCUT2D eigenvalue weighted by atomic mass is 127. The minimum atomic E-state index is 1.18. The zero-order valence-electron chi connectivity index (χ0n) is 18.4. The van der Waals surface area contributed by atoms with Gasteiger partial charge in [0.15, 0.2) is 0 Å². The fourth-order valence-electron chi connectivity index (χ4n) is 6.27. The van der Waals surface area contributed by atoms with Gasteiger partial charge in [-0.25, -0.2) is 0 Å². The number of hydrogen-bond donors (Lipinski definition) is 0. The van der Waals surface area contributed by atoms with E-state index in [0.29, 0.717) is 0 Å². The van der Waals surface area contributed by atoms with Crippen LogP contribution in [0.2, 0.25) is 0 Å². The Morgan fingerprint density at radius 2 is 1.34 bits per heavy atom. The lowest BCUT2D eigenvalue weighted by Crippen LogP contribution is -1.97. The predicted molar refractivity (Wildman–Crippen MR) is 158 cm³/mol. The summed E-state index contributed by atoms with van der Waals surface area (Å²) in [5, 5.41) is 10.2. The Morgan fingerprint density at radius 3 is 2.26 bits per heavy atom. The average Bonchev–Trinajstić information content (AvgIpc) is 3.62. The van der Waals surface area contributed by atoms with E-state index in [0.717, 1.165) is 0 Å². The van der Waals surface area contributed by atoms with Gasteiger partial charge in [0, 0.05) is 32.6 Å². The van der Waals surface area contributed by atoms with Crippen LogP contribution in [-0.4, -0.2) is 11.7 Å². The van der Waals surface area contributed by atoms with Gasteiger partial charge in [0.1, 0.15) is 5.65 Å². The predicted octanol–water partition coefficient (Wildman–Crippen LogP) is 9.15. The lowest BCUT2D eigenvalue weighted by atomic mass is 10.0. The van der Waals surface area contributed by atoms with E-state index in [9.17, 15) is 0 Å². The van der Waals surface area contributed by atoms with Crippen molar-refractivity contribution in [2.24, 2.45) is 0 Å². The number of benzene rings is 4. The molecule has 0 N–H and O–H groups in total. The van der Waals surface area contributed by atoms with Crippen molar-refractivity contribution in [2.75, 3.05) is 0 Å². The van der Waals surface area contributed by atoms with Crippen LogP contribution in [0.3, 0.4) is 0 Å². The Hall–Kier alpha value is -3.55. The lowest BCUT2D eigenvalue weighted by Gasteiger charge is -2.09. The molecule has 4 aromatic carbocycles. The average molecular weight is 577 g/mol. The summed E-state index contributed by atoms with van der Waals surface area (Å²) in [6, 6.07) is 33.4. The third-order valence-corrected chi connectivity index (χ3v) is 9.55. The highest BCUT2D eigenvalue weighted by molar-refractivity contribution is 14.1. The minimum absolute atomic E-state index is 1.18. The maximum absolute atomic E-state index is 2.54. The Bertz CT molecular complexity index is 2280. The Kier molecular flexibility index (Phi) is 3.40. The molecule has 0 atom stereocenters. The van der Waals surface area contributed by atoms with E-state index in [4.69, 9.17) is 0 Å². The molecule has 0 aliphatic rings. The van der Waals surface area contributed by atoms with E-state index < -0.39 is 0 Å². The molecule has 3 nitrogen and oxygen atoms in total. The fourth-order valence-corrected chi connectivity index (χ4v) is 7.98. The number of nitrogens with zero attached hydrogens (tertiary/aromatic N) is 3. The van der Waals surface area contributed by atoms with Gasteiger partial charge in [-0.3, -0.25) is 11.7 Å². The molecular formula is C30H16IN3S. The quantitative estimate of drug-likeness (QED) is 0.173. The highest BCUT2D eigenvalue weighted by Crippen LogP contribution is 2.47. The summed E-state index contributed by atoms with van der Waals surface area (Å²) < 4.78 is 8.69. The summed E-state index contributed by atoms with van der Waals surface area (Å²) >= 11 is 4.31. The molecule has 5 aromatic heterocycles. The summed E-state index contributed by atoms with van der Waals surface area (Å²) in [6.07, 6.45) is 0. The van der Waals surface area contributed by atoms with E-state index in [2.05, 4.69) is 131 Å². The maximum atomic E-state index is 2.54. The number of para-hydroxylation sites is 2. The molecule has 35 heavy (non-hydrogen) atoms. The van der Waals surface area contributed by atoms with Crippen molar-refractivity contribution in [3.63, 3.8) is 0 Å². The molecule has 0 amide bonds. The molecule has 0 saturated carbocycles. The number of rotatable bonds is 1. The molecule has 0 aliphatic carbocycles. The molecule has 0 aliphatic heterocycles. The molecule has 0 radical (unpaired) electrons. The van der Waals surface area contributed by atoms with Crippen LogP contribution < -0.4 is 0 Å². The first kappa shape index (κ1) is 18.7. The van der Waals surface area contributed by atoms with Crippen LogP contribution in [0, 0.1) is 0 Å². The van der Waals surface area contributed by atoms with Gasteiger partial charge in [0.25, 0.3) is 0 Å². The fraction of sp³-hybridized carbons (Fsp3) is 0. The molecule has 9 aromatic rings. The molecule has 0 fully saturated rings. The van der Waals surface area contributed by atoms with Gasteiger partial charge in [-0.05, 0) is 53.2 Å². The number of hydrogen-bond acceptors (Lipinski definition) is 1. The van der Waals surface area contributed by atoms with Crippen molar-refractivity contribution in [2.45, 2.75) is 0 Å². The minimum Gasteiger partial charge on any atom is -0.295 e. The third kappa shape index (κ3) is 2.10. The van der Waals surface area contributed by atoms with Crippen molar-refractivity contribution < 1.29 is 0 Å². The standard InChI is InChI=1S/C30H16IN3S/c31-34-22-12-6-10-19-25-18-9-4-5-11-21(18)32(17-7-2-1-3-8-17)30(25)33-24-15-16-35-29(24)20-13-14-23(34)27(26(19)22)28(20)33/h1-16H. The van der Waals surface area contributed by atoms with Crippen LogP contribution in [0.4, 0.5) is 0 Å². The van der Waals surface area contributed by atoms with E-state index in [1.807, 2.05) is 11.3 Å². The summed E-state index contributed by atoms with van der Waals surface area (Å²) in [5.74, 6) is 0. The van der Waals surface area contributed by atoms with Crippen LogP contribution >= 0.6 is 34.2 Å². The van der Waals surface area contributed by atoms with E-state index >= 15 is 0 Å². The first-order chi connectivity index (χ1) is 17.3. The molecule has 9 rings (SSSR count). The number of halogens is 1. The van der Waals surface area contributed by atoms with Crippen molar-refractivity contribution in [3.05, 3.63) is 96.4 Å². The van der Waals surface area contributed by atoms with Gasteiger partial charge >= 0.3 is 0 Å². The summed E-state index contributed by atoms with van der Waals surface area (Å²) in [5.41, 5.74) is 8.78. The van der Waals surface area contributed by atoms with Crippen molar-refractivity contribution >= 4 is 104 Å². The monoisotopic (exact) mass is 577 g/mol. The van der Waals surface area contributed by atoms with Gasteiger partial charge < -0.3 is 0 Å². The normalized spacial score (nSPS) is 12.7. The highest BCUT2D eigenvalue weighted by Gasteiger charge is 2.25. The third-order valence-electron chi connectivity index (χ3n) is 7.57. The first-order valence-corrected chi connectivity index (χ1v) is 13.5. The van der Waals surface area contributed by atoms with Gasteiger partial charge in [-0.15, -0.1) is 11.3 Å². The van der Waals surface area contributed by atoms with Crippen molar-refractivity contribution in [3.8, 4) is 5.69 Å². The SMILES string of the molecule is In1c2cccc3c2c2c1ccc1c4sccc4n(c12)c1c3c2ccccc2n1-c1ccccc1. The summed E-state index contributed by atoms with van der Waals surface area (Å²) in [4.78, 5) is 0. The number of thiophene rings is 1. The lowest BCUT2D eigenvalue weighted by molar-refractivity contribution is 1.12. The Morgan fingerprint density at radius 1 is 0.571 bits per heavy atom. The van der Waals surface area contributed by atoms with Crippen LogP contribution in [0.5, 0.6) is 0 Å². The van der Waals surface area contributed by atoms with Gasteiger partial charge in [0.2, 0.25) is 0 Å². The Labute approximate surface area is 217 Å². The van der Waals surface area contributed by atoms with Crippen molar-refractivity contribution in [1.82, 2.24) is 11.7 Å². The molecular weight excluding hydrogens is 561 g/mol. The maximum Gasteiger partial charge on any atom is 0.131 e. The van der Waals surface area contributed by atoms with Crippen LogP contribution in [0.1, 0.15) is 0 Å². The first-order valence-electron chi connectivity index (χ1n) is 11.7. The van der Waals surface area contributed by atoms with E-state index in [1.165, 1.54) is 75.9 Å². The second-order valence-corrected chi connectivity index (χ2v) is 11.1.